The largest absolute Gasteiger partial charge is 0.545 e. The van der Waals surface area contributed by atoms with Crippen LogP contribution in [0.25, 0.3) is 11.1 Å². The van der Waals surface area contributed by atoms with Gasteiger partial charge in [-0.15, -0.1) is 0 Å². The molecule has 2 aromatic carbocycles. The van der Waals surface area contributed by atoms with Gasteiger partial charge in [-0.25, -0.2) is 4.39 Å². The molecule has 0 radical (unpaired) electrons. The van der Waals surface area contributed by atoms with E-state index in [-0.39, 0.29) is 22.4 Å². The van der Waals surface area contributed by atoms with E-state index in [1.807, 2.05) is 0 Å². The zero-order valence-corrected chi connectivity index (χ0v) is 18.6. The summed E-state index contributed by atoms with van der Waals surface area (Å²) in [6.07, 6.45) is 10.2. The van der Waals surface area contributed by atoms with Crippen LogP contribution in [0.15, 0.2) is 30.3 Å². The monoisotopic (exact) mass is 431 g/mol. The number of hydrogen-bond donors (Lipinski definition) is 0. The molecule has 2 rings (SSSR count). The van der Waals surface area contributed by atoms with E-state index in [4.69, 9.17) is 4.74 Å². The van der Waals surface area contributed by atoms with Gasteiger partial charge in [0.1, 0.15) is 0 Å². The number of rotatable bonds is 14. The Morgan fingerprint density at radius 3 is 2.19 bits per heavy atom. The van der Waals surface area contributed by atoms with Crippen molar-refractivity contribution in [1.29, 1.82) is 0 Å². The van der Waals surface area contributed by atoms with Gasteiger partial charge in [-0.3, -0.25) is 0 Å². The predicted molar refractivity (Wildman–Crippen MR) is 118 cm³/mol. The lowest BCUT2D eigenvalue weighted by atomic mass is 9.94. The molecule has 170 valence electrons. The van der Waals surface area contributed by atoms with Crippen molar-refractivity contribution in [2.45, 2.75) is 78.1 Å². The standard InChI is InChI=1S/C26H34F2O3/c1-3-5-7-9-11-17-31-23-16-15-20(24(27)25(23)28)22-18-19(12-10-8-6-4-2)13-14-21(22)26(29)30/h13-16,18H,3-12,17H2,1-2H3,(H,29,30)/p-1. The Bertz CT molecular complexity index is 849. The third kappa shape index (κ3) is 7.34. The van der Waals surface area contributed by atoms with Crippen molar-refractivity contribution in [1.82, 2.24) is 0 Å². The SMILES string of the molecule is CCCCCCCOc1ccc(-c2cc(CCCCCC)ccc2C(=O)[O-])c(F)c1F. The van der Waals surface area contributed by atoms with Crippen molar-refractivity contribution in [3.8, 4) is 16.9 Å². The van der Waals surface area contributed by atoms with Gasteiger partial charge in [-0.05, 0) is 42.5 Å². The topological polar surface area (TPSA) is 49.4 Å². The van der Waals surface area contributed by atoms with Crippen molar-refractivity contribution in [3.05, 3.63) is 53.1 Å². The van der Waals surface area contributed by atoms with E-state index in [9.17, 15) is 18.7 Å². The summed E-state index contributed by atoms with van der Waals surface area (Å²) in [5.41, 5.74) is 0.779. The first-order chi connectivity index (χ1) is 15.0. The summed E-state index contributed by atoms with van der Waals surface area (Å²) in [6.45, 7) is 4.57. The number of hydrogen-bond acceptors (Lipinski definition) is 3. The zero-order valence-electron chi connectivity index (χ0n) is 18.6. The van der Waals surface area contributed by atoms with E-state index in [0.717, 1.165) is 69.8 Å². The lowest BCUT2D eigenvalue weighted by molar-refractivity contribution is -0.254. The molecular formula is C26H33F2O3-. The van der Waals surface area contributed by atoms with Crippen LogP contribution in [-0.4, -0.2) is 12.6 Å². The fourth-order valence-corrected chi connectivity index (χ4v) is 3.64. The minimum Gasteiger partial charge on any atom is -0.545 e. The highest BCUT2D eigenvalue weighted by atomic mass is 19.2. The average Bonchev–Trinajstić information content (AvgIpc) is 2.76. The highest BCUT2D eigenvalue weighted by molar-refractivity contribution is 5.95. The molecule has 0 amide bonds. The number of halogens is 2. The molecule has 3 nitrogen and oxygen atoms in total. The van der Waals surface area contributed by atoms with Gasteiger partial charge in [0.15, 0.2) is 11.6 Å². The highest BCUT2D eigenvalue weighted by Gasteiger charge is 2.18. The van der Waals surface area contributed by atoms with Crippen LogP contribution in [0.3, 0.4) is 0 Å². The van der Waals surface area contributed by atoms with Crippen molar-refractivity contribution in [2.75, 3.05) is 6.61 Å². The summed E-state index contributed by atoms with van der Waals surface area (Å²) < 4.78 is 34.9. The minimum atomic E-state index is -1.42. The highest BCUT2D eigenvalue weighted by Crippen LogP contribution is 2.33. The molecule has 0 heterocycles. The smallest absolute Gasteiger partial charge is 0.201 e. The Balaban J connectivity index is 2.20. The van der Waals surface area contributed by atoms with E-state index >= 15 is 0 Å². The molecule has 0 aliphatic rings. The van der Waals surface area contributed by atoms with E-state index in [1.54, 1.807) is 12.1 Å². The molecule has 0 aliphatic carbocycles. The first-order valence-electron chi connectivity index (χ1n) is 11.4. The quantitative estimate of drug-likeness (QED) is 0.322. The van der Waals surface area contributed by atoms with Gasteiger partial charge in [0.05, 0.1) is 12.6 Å². The van der Waals surface area contributed by atoms with E-state index in [2.05, 4.69) is 13.8 Å². The van der Waals surface area contributed by atoms with Crippen LogP contribution in [0.1, 0.15) is 87.6 Å². The Hall–Kier alpha value is -2.43. The van der Waals surface area contributed by atoms with E-state index in [0.29, 0.717) is 6.61 Å². The van der Waals surface area contributed by atoms with E-state index < -0.39 is 17.6 Å². The molecule has 0 aliphatic heterocycles. The van der Waals surface area contributed by atoms with Crippen molar-refractivity contribution >= 4 is 5.97 Å². The molecule has 0 saturated heterocycles. The van der Waals surface area contributed by atoms with E-state index in [1.165, 1.54) is 18.2 Å². The molecular weight excluding hydrogens is 398 g/mol. The minimum absolute atomic E-state index is 0.0950. The van der Waals surface area contributed by atoms with Gasteiger partial charge >= 0.3 is 0 Å². The Morgan fingerprint density at radius 2 is 1.52 bits per heavy atom. The predicted octanol–water partition coefficient (Wildman–Crippen LogP) is 6.47. The first kappa shape index (κ1) is 24.8. The molecule has 0 fully saturated rings. The fraction of sp³-hybridized carbons (Fsp3) is 0.500. The summed E-state index contributed by atoms with van der Waals surface area (Å²) in [6, 6.07) is 7.51. The van der Waals surface area contributed by atoms with Gasteiger partial charge < -0.3 is 14.6 Å². The van der Waals surface area contributed by atoms with Gasteiger partial charge in [-0.2, -0.15) is 4.39 Å². The number of benzene rings is 2. The number of aryl methyl sites for hydroxylation is 1. The van der Waals surface area contributed by atoms with Crippen LogP contribution in [0.4, 0.5) is 8.78 Å². The Kier molecular flexibility index (Phi) is 10.5. The van der Waals surface area contributed by atoms with Crippen LogP contribution >= 0.6 is 0 Å². The molecule has 0 N–H and O–H groups in total. The van der Waals surface area contributed by atoms with Crippen LogP contribution < -0.4 is 9.84 Å². The maximum Gasteiger partial charge on any atom is 0.201 e. The third-order valence-electron chi connectivity index (χ3n) is 5.47. The maximum absolute atomic E-state index is 14.9. The molecule has 0 spiro atoms. The summed E-state index contributed by atoms with van der Waals surface area (Å²) in [5, 5.41) is 11.6. The number of carbonyl (C=O) groups excluding carboxylic acids is 1. The van der Waals surface area contributed by atoms with Crippen molar-refractivity contribution in [3.63, 3.8) is 0 Å². The number of ether oxygens (including phenoxy) is 1. The number of aromatic carboxylic acids is 1. The first-order valence-corrected chi connectivity index (χ1v) is 11.4. The molecule has 5 heteroatoms. The molecule has 0 aromatic heterocycles. The summed E-state index contributed by atoms with van der Waals surface area (Å²) in [7, 11) is 0. The summed E-state index contributed by atoms with van der Waals surface area (Å²) in [4.78, 5) is 11.6. The number of carboxylic acids is 1. The van der Waals surface area contributed by atoms with Crippen LogP contribution in [0.2, 0.25) is 0 Å². The fourth-order valence-electron chi connectivity index (χ4n) is 3.64. The molecule has 2 aromatic rings. The second kappa shape index (κ2) is 13.1. The summed E-state index contributed by atoms with van der Waals surface area (Å²) >= 11 is 0. The molecule has 31 heavy (non-hydrogen) atoms. The lowest BCUT2D eigenvalue weighted by Crippen LogP contribution is -2.23. The Morgan fingerprint density at radius 1 is 0.839 bits per heavy atom. The third-order valence-corrected chi connectivity index (χ3v) is 5.47. The second-order valence-electron chi connectivity index (χ2n) is 7.98. The molecule has 0 saturated carbocycles. The molecule has 0 unspecified atom stereocenters. The van der Waals surface area contributed by atoms with Crippen LogP contribution in [0.5, 0.6) is 5.75 Å². The molecule has 0 atom stereocenters. The number of carboxylic acid groups (broad SMARTS) is 1. The van der Waals surface area contributed by atoms with Gasteiger partial charge in [0.25, 0.3) is 0 Å². The lowest BCUT2D eigenvalue weighted by Gasteiger charge is -2.15. The van der Waals surface area contributed by atoms with Crippen molar-refractivity contribution < 1.29 is 23.4 Å². The van der Waals surface area contributed by atoms with Crippen LogP contribution in [-0.2, 0) is 6.42 Å². The number of carbonyl (C=O) groups is 1. The van der Waals surface area contributed by atoms with Gasteiger partial charge in [0.2, 0.25) is 5.82 Å². The second-order valence-corrected chi connectivity index (χ2v) is 7.98. The Labute approximate surface area is 184 Å². The van der Waals surface area contributed by atoms with Crippen molar-refractivity contribution in [2.24, 2.45) is 0 Å². The van der Waals surface area contributed by atoms with Gasteiger partial charge in [-0.1, -0.05) is 77.0 Å². The van der Waals surface area contributed by atoms with Crippen LogP contribution in [0, 0.1) is 11.6 Å². The average molecular weight is 432 g/mol. The normalized spacial score (nSPS) is 11.0. The number of unbranched alkanes of at least 4 members (excludes halogenated alkanes) is 7. The summed E-state index contributed by atoms with van der Waals surface area (Å²) in [5.74, 6) is -3.76. The molecule has 0 bridgehead atoms. The van der Waals surface area contributed by atoms with Gasteiger partial charge in [0, 0.05) is 11.1 Å². The maximum atomic E-state index is 14.9. The zero-order chi connectivity index (χ0) is 22.6.